The Kier molecular flexibility index (Phi) is 7.32. The summed E-state index contributed by atoms with van der Waals surface area (Å²) in [6.45, 7) is 0.566. The Bertz CT molecular complexity index is 1050. The van der Waals surface area contributed by atoms with Gasteiger partial charge in [-0.3, -0.25) is 15.1 Å². The molecule has 0 radical (unpaired) electrons. The highest BCUT2D eigenvalue weighted by Crippen LogP contribution is 2.41. The minimum Gasteiger partial charge on any atom is -0.493 e. The minimum atomic E-state index is -0.370. The number of hydrogen-bond donors (Lipinski definition) is 0. The van der Waals surface area contributed by atoms with Crippen LogP contribution in [0.4, 0.5) is 5.69 Å². The molecule has 1 heterocycles. The zero-order valence-corrected chi connectivity index (χ0v) is 18.5. The number of rotatable bonds is 9. The topological polar surface area (TPSA) is 87.0 Å². The molecule has 1 aromatic heterocycles. The Balaban J connectivity index is 1.83. The Morgan fingerprint density at radius 2 is 1.71 bits per heavy atom. The fraction of sp³-hybridized carbons (Fsp3) is 0.227. The van der Waals surface area contributed by atoms with Gasteiger partial charge in [-0.2, -0.15) is 0 Å². The van der Waals surface area contributed by atoms with Crippen LogP contribution in [-0.4, -0.2) is 42.6 Å². The van der Waals surface area contributed by atoms with Crippen molar-refractivity contribution in [2.75, 3.05) is 28.4 Å². The average Bonchev–Trinajstić information content (AvgIpc) is 2.78. The molecule has 0 saturated carbocycles. The van der Waals surface area contributed by atoms with Gasteiger partial charge in [0.1, 0.15) is 4.90 Å². The zero-order valence-electron chi connectivity index (χ0n) is 17.7. The van der Waals surface area contributed by atoms with E-state index in [0.717, 1.165) is 16.8 Å². The summed E-state index contributed by atoms with van der Waals surface area (Å²) in [6, 6.07) is 14.3. The van der Waals surface area contributed by atoms with Crippen molar-refractivity contribution in [3.8, 4) is 28.5 Å². The van der Waals surface area contributed by atoms with E-state index in [4.69, 9.17) is 14.2 Å². The number of benzene rings is 2. The maximum Gasteiger partial charge on any atom is 0.284 e. The first-order valence-corrected chi connectivity index (χ1v) is 10.1. The van der Waals surface area contributed by atoms with E-state index in [1.807, 2.05) is 35.6 Å². The van der Waals surface area contributed by atoms with Gasteiger partial charge in [-0.05, 0) is 54.9 Å². The van der Waals surface area contributed by atoms with E-state index in [1.54, 1.807) is 45.7 Å². The molecular weight excluding hydrogens is 418 g/mol. The van der Waals surface area contributed by atoms with E-state index in [9.17, 15) is 10.1 Å². The maximum absolute atomic E-state index is 11.2. The first-order chi connectivity index (χ1) is 15.0. The highest BCUT2D eigenvalue weighted by atomic mass is 32.2. The largest absolute Gasteiger partial charge is 0.493 e. The summed E-state index contributed by atoms with van der Waals surface area (Å²) in [5.41, 5.74) is 2.67. The van der Waals surface area contributed by atoms with Crippen LogP contribution in [0.15, 0.2) is 59.6 Å². The molecule has 31 heavy (non-hydrogen) atoms. The summed E-state index contributed by atoms with van der Waals surface area (Å²) in [6.07, 6.45) is 1.73. The molecule has 162 valence electrons. The van der Waals surface area contributed by atoms with Crippen molar-refractivity contribution in [3.05, 3.63) is 70.4 Å². The fourth-order valence-electron chi connectivity index (χ4n) is 3.10. The molecule has 0 bridgehead atoms. The Morgan fingerprint density at radius 1 is 1.03 bits per heavy atom. The highest BCUT2D eigenvalue weighted by molar-refractivity contribution is 7.97. The van der Waals surface area contributed by atoms with Crippen molar-refractivity contribution in [3.63, 3.8) is 0 Å². The predicted octanol–water partition coefficient (Wildman–Crippen LogP) is 4.82. The number of aromatic nitrogens is 1. The average molecular weight is 442 g/mol. The molecule has 0 atom stereocenters. The summed E-state index contributed by atoms with van der Waals surface area (Å²) in [7, 11) is 6.59. The van der Waals surface area contributed by atoms with Crippen LogP contribution in [0, 0.1) is 10.1 Å². The molecule has 0 aliphatic carbocycles. The van der Waals surface area contributed by atoms with Crippen LogP contribution < -0.4 is 14.2 Å². The zero-order chi connectivity index (χ0) is 22.4. The van der Waals surface area contributed by atoms with Crippen molar-refractivity contribution < 1.29 is 19.1 Å². The molecular formula is C22H23N3O5S. The van der Waals surface area contributed by atoms with E-state index < -0.39 is 0 Å². The van der Waals surface area contributed by atoms with Gasteiger partial charge in [-0.15, -0.1) is 0 Å². The number of para-hydroxylation sites is 1. The Morgan fingerprint density at radius 3 is 2.32 bits per heavy atom. The second-order valence-electron chi connectivity index (χ2n) is 6.57. The van der Waals surface area contributed by atoms with Crippen LogP contribution in [0.1, 0.15) is 5.56 Å². The Labute approximate surface area is 185 Å². The lowest BCUT2D eigenvalue weighted by molar-refractivity contribution is -0.387. The van der Waals surface area contributed by atoms with Crippen LogP contribution >= 0.6 is 11.9 Å². The molecule has 9 heteroatoms. The number of hydrogen-bond acceptors (Lipinski definition) is 8. The van der Waals surface area contributed by atoms with Crippen molar-refractivity contribution in [2.45, 2.75) is 11.4 Å². The lowest BCUT2D eigenvalue weighted by Gasteiger charge is -2.17. The van der Waals surface area contributed by atoms with Crippen molar-refractivity contribution in [1.29, 1.82) is 0 Å². The van der Waals surface area contributed by atoms with Gasteiger partial charge in [0.25, 0.3) is 5.69 Å². The molecule has 0 aliphatic rings. The molecule has 3 rings (SSSR count). The molecule has 3 aromatic rings. The molecule has 0 amide bonds. The lowest BCUT2D eigenvalue weighted by Crippen LogP contribution is -2.09. The van der Waals surface area contributed by atoms with Crippen LogP contribution in [0.3, 0.4) is 0 Å². The molecule has 0 saturated heterocycles. The van der Waals surface area contributed by atoms with E-state index in [-0.39, 0.29) is 10.6 Å². The molecule has 8 nitrogen and oxygen atoms in total. The standard InChI is InChI=1S/C22H23N3O5S/c1-24(31-21-8-6-5-7-18(21)25(26)27)14-15-9-10-23-17(11-15)16-12-19(28-2)22(30-4)20(13-16)29-3/h5-13H,14H2,1-4H3. The smallest absolute Gasteiger partial charge is 0.284 e. The van der Waals surface area contributed by atoms with Crippen LogP contribution in [0.2, 0.25) is 0 Å². The molecule has 0 N–H and O–H groups in total. The lowest BCUT2D eigenvalue weighted by atomic mass is 10.1. The molecule has 0 fully saturated rings. The van der Waals surface area contributed by atoms with Gasteiger partial charge in [0, 0.05) is 24.4 Å². The molecule has 0 unspecified atom stereocenters. The molecule has 2 aromatic carbocycles. The van der Waals surface area contributed by atoms with Crippen molar-refractivity contribution in [2.24, 2.45) is 0 Å². The summed E-state index contributed by atoms with van der Waals surface area (Å²) < 4.78 is 18.2. The van der Waals surface area contributed by atoms with Gasteiger partial charge in [0.05, 0.1) is 31.9 Å². The summed E-state index contributed by atoms with van der Waals surface area (Å²) in [5.74, 6) is 1.62. The van der Waals surface area contributed by atoms with Gasteiger partial charge in [-0.25, -0.2) is 4.31 Å². The number of ether oxygens (including phenoxy) is 3. The first kappa shape index (κ1) is 22.4. The van der Waals surface area contributed by atoms with Gasteiger partial charge in [-0.1, -0.05) is 12.1 Å². The van der Waals surface area contributed by atoms with Gasteiger partial charge >= 0.3 is 0 Å². The van der Waals surface area contributed by atoms with Crippen LogP contribution in [-0.2, 0) is 6.54 Å². The predicted molar refractivity (Wildman–Crippen MR) is 120 cm³/mol. The van der Waals surface area contributed by atoms with Crippen LogP contribution in [0.25, 0.3) is 11.3 Å². The van der Waals surface area contributed by atoms with Gasteiger partial charge in [0.2, 0.25) is 5.75 Å². The minimum absolute atomic E-state index is 0.0900. The summed E-state index contributed by atoms with van der Waals surface area (Å²) in [4.78, 5) is 15.9. The first-order valence-electron chi connectivity index (χ1n) is 9.34. The van der Waals surface area contributed by atoms with Crippen molar-refractivity contribution in [1.82, 2.24) is 9.29 Å². The van der Waals surface area contributed by atoms with E-state index >= 15 is 0 Å². The highest BCUT2D eigenvalue weighted by Gasteiger charge is 2.17. The number of methoxy groups -OCH3 is 3. The number of nitro groups is 1. The number of nitrogens with zero attached hydrogens (tertiary/aromatic N) is 3. The third kappa shape index (κ3) is 5.25. The summed E-state index contributed by atoms with van der Waals surface area (Å²) >= 11 is 1.33. The third-order valence-electron chi connectivity index (χ3n) is 4.51. The third-order valence-corrected chi connectivity index (χ3v) is 5.49. The maximum atomic E-state index is 11.2. The van der Waals surface area contributed by atoms with Gasteiger partial charge < -0.3 is 14.2 Å². The SMILES string of the molecule is COc1cc(-c2cc(CN(C)Sc3ccccc3[N+](=O)[O-])ccn2)cc(OC)c1OC. The number of pyridine rings is 1. The molecule has 0 aliphatic heterocycles. The molecule has 0 spiro atoms. The fourth-order valence-corrected chi connectivity index (χ4v) is 4.03. The van der Waals surface area contributed by atoms with E-state index in [0.29, 0.717) is 28.7 Å². The van der Waals surface area contributed by atoms with E-state index in [2.05, 4.69) is 4.98 Å². The second kappa shape index (κ2) is 10.1. The summed E-state index contributed by atoms with van der Waals surface area (Å²) in [5, 5.41) is 11.2. The normalized spacial score (nSPS) is 10.7. The van der Waals surface area contributed by atoms with Crippen LogP contribution in [0.5, 0.6) is 17.2 Å². The Hall–Kier alpha value is -3.30. The monoisotopic (exact) mass is 441 g/mol. The second-order valence-corrected chi connectivity index (χ2v) is 7.81. The quantitative estimate of drug-likeness (QED) is 0.265. The van der Waals surface area contributed by atoms with Gasteiger partial charge in [0.15, 0.2) is 11.5 Å². The van der Waals surface area contributed by atoms with E-state index in [1.165, 1.54) is 18.0 Å². The number of nitro benzene ring substituents is 1. The van der Waals surface area contributed by atoms with Crippen molar-refractivity contribution >= 4 is 17.6 Å².